The van der Waals surface area contributed by atoms with E-state index in [0.717, 1.165) is 24.5 Å². The van der Waals surface area contributed by atoms with Gasteiger partial charge in [-0.2, -0.15) is 0 Å². The highest BCUT2D eigenvalue weighted by atomic mass is 16.5. The van der Waals surface area contributed by atoms with Gasteiger partial charge in [0.05, 0.1) is 7.11 Å². The second-order valence-corrected chi connectivity index (χ2v) is 6.88. The lowest BCUT2D eigenvalue weighted by atomic mass is 9.80. The van der Waals surface area contributed by atoms with Crippen molar-refractivity contribution in [1.29, 1.82) is 0 Å². The summed E-state index contributed by atoms with van der Waals surface area (Å²) >= 11 is 0. The van der Waals surface area contributed by atoms with Gasteiger partial charge in [-0.15, -0.1) is 0 Å². The molecule has 21 heavy (non-hydrogen) atoms. The molecule has 2 N–H and O–H groups in total. The molecular formula is C19H31NO. The third-order valence-corrected chi connectivity index (χ3v) is 5.21. The quantitative estimate of drug-likeness (QED) is 0.804. The Labute approximate surface area is 130 Å². The highest BCUT2D eigenvalue weighted by Gasteiger charge is 2.32. The summed E-state index contributed by atoms with van der Waals surface area (Å²) in [5.74, 6) is 1.84. The maximum Gasteiger partial charge on any atom is 0.122 e. The molecule has 2 atom stereocenters. The van der Waals surface area contributed by atoms with Gasteiger partial charge in [-0.25, -0.2) is 0 Å². The van der Waals surface area contributed by atoms with Crippen molar-refractivity contribution in [2.45, 2.75) is 71.3 Å². The van der Waals surface area contributed by atoms with Crippen molar-refractivity contribution >= 4 is 0 Å². The van der Waals surface area contributed by atoms with Gasteiger partial charge < -0.3 is 10.5 Å². The van der Waals surface area contributed by atoms with Gasteiger partial charge in [-0.05, 0) is 61.8 Å². The van der Waals surface area contributed by atoms with E-state index in [1.807, 2.05) is 0 Å². The zero-order valence-corrected chi connectivity index (χ0v) is 14.2. The maximum atomic E-state index is 6.86. The Bertz CT molecular complexity index is 483. The first kappa shape index (κ1) is 16.4. The lowest BCUT2D eigenvalue weighted by Gasteiger charge is -2.31. The van der Waals surface area contributed by atoms with E-state index in [4.69, 9.17) is 10.5 Å². The van der Waals surface area contributed by atoms with Gasteiger partial charge in [0.15, 0.2) is 0 Å². The number of hydrogen-bond acceptors (Lipinski definition) is 2. The zero-order valence-electron chi connectivity index (χ0n) is 14.2. The molecule has 1 aromatic carbocycles. The molecule has 0 saturated heterocycles. The molecule has 1 aromatic rings. The zero-order chi connectivity index (χ0) is 15.5. The smallest absolute Gasteiger partial charge is 0.122 e. The molecule has 2 nitrogen and oxygen atoms in total. The Morgan fingerprint density at radius 1 is 1.19 bits per heavy atom. The number of benzene rings is 1. The summed E-state index contributed by atoms with van der Waals surface area (Å²) in [7, 11) is 1.74. The predicted octanol–water partition coefficient (Wildman–Crippen LogP) is 4.85. The van der Waals surface area contributed by atoms with Gasteiger partial charge in [-0.1, -0.05) is 38.7 Å². The van der Waals surface area contributed by atoms with E-state index in [9.17, 15) is 0 Å². The van der Waals surface area contributed by atoms with Gasteiger partial charge in [0, 0.05) is 5.54 Å². The first-order valence-electron chi connectivity index (χ1n) is 8.44. The summed E-state index contributed by atoms with van der Waals surface area (Å²) in [6.45, 7) is 6.57. The molecule has 1 aliphatic rings. The first-order valence-corrected chi connectivity index (χ1v) is 8.44. The van der Waals surface area contributed by atoms with E-state index in [-0.39, 0.29) is 5.54 Å². The average molecular weight is 289 g/mol. The molecule has 118 valence electrons. The van der Waals surface area contributed by atoms with Gasteiger partial charge >= 0.3 is 0 Å². The van der Waals surface area contributed by atoms with Crippen LogP contribution in [0.3, 0.4) is 0 Å². The van der Waals surface area contributed by atoms with E-state index in [2.05, 4.69) is 32.9 Å². The van der Waals surface area contributed by atoms with Gasteiger partial charge in [-0.3, -0.25) is 0 Å². The van der Waals surface area contributed by atoms with E-state index >= 15 is 0 Å². The second-order valence-electron chi connectivity index (χ2n) is 6.88. The molecule has 0 radical (unpaired) electrons. The molecule has 0 aromatic heterocycles. The Hall–Kier alpha value is -1.02. The summed E-state index contributed by atoms with van der Waals surface area (Å²) in [4.78, 5) is 0. The maximum absolute atomic E-state index is 6.86. The van der Waals surface area contributed by atoms with Crippen LogP contribution in [0.1, 0.15) is 68.6 Å². The van der Waals surface area contributed by atoms with Crippen LogP contribution in [0.2, 0.25) is 0 Å². The Morgan fingerprint density at radius 3 is 2.62 bits per heavy atom. The molecule has 2 heteroatoms. The minimum absolute atomic E-state index is 0.149. The molecule has 1 saturated carbocycles. The average Bonchev–Trinajstić information content (AvgIpc) is 2.64. The van der Waals surface area contributed by atoms with E-state index in [1.165, 1.54) is 48.8 Å². The third-order valence-electron chi connectivity index (χ3n) is 5.21. The fourth-order valence-electron chi connectivity index (χ4n) is 3.95. The summed E-state index contributed by atoms with van der Waals surface area (Å²) in [5.41, 5.74) is 10.5. The molecule has 0 aliphatic heterocycles. The number of nitrogens with two attached hydrogens (primary N) is 1. The lowest BCUT2D eigenvalue weighted by Crippen LogP contribution is -2.37. The van der Waals surface area contributed by atoms with Crippen LogP contribution in [0.15, 0.2) is 12.1 Å². The monoisotopic (exact) mass is 289 g/mol. The highest BCUT2D eigenvalue weighted by molar-refractivity contribution is 5.44. The molecular weight excluding hydrogens is 258 g/mol. The number of methoxy groups -OCH3 is 1. The van der Waals surface area contributed by atoms with Gasteiger partial charge in [0.25, 0.3) is 0 Å². The summed E-state index contributed by atoms with van der Waals surface area (Å²) in [6.07, 6.45) is 8.76. The van der Waals surface area contributed by atoms with Crippen molar-refractivity contribution in [3.8, 4) is 5.75 Å². The van der Waals surface area contributed by atoms with Crippen molar-refractivity contribution < 1.29 is 4.74 Å². The van der Waals surface area contributed by atoms with E-state index < -0.39 is 0 Å². The number of aryl methyl sites for hydroxylation is 2. The SMILES string of the molecule is CCCC1CCCC(N)(c2cc(C)c(OC)cc2C)CC1. The fourth-order valence-corrected chi connectivity index (χ4v) is 3.95. The first-order chi connectivity index (χ1) is 10.00. The molecule has 0 amide bonds. The predicted molar refractivity (Wildman–Crippen MR) is 89.8 cm³/mol. The summed E-state index contributed by atoms with van der Waals surface area (Å²) in [5, 5.41) is 0. The summed E-state index contributed by atoms with van der Waals surface area (Å²) in [6, 6.07) is 4.40. The Morgan fingerprint density at radius 2 is 1.95 bits per heavy atom. The van der Waals surface area contributed by atoms with Crippen molar-refractivity contribution in [3.63, 3.8) is 0 Å². The number of hydrogen-bond donors (Lipinski definition) is 1. The van der Waals surface area contributed by atoms with Gasteiger partial charge in [0.2, 0.25) is 0 Å². The van der Waals surface area contributed by atoms with Crippen molar-refractivity contribution in [3.05, 3.63) is 28.8 Å². The highest BCUT2D eigenvalue weighted by Crippen LogP contribution is 2.40. The van der Waals surface area contributed by atoms with E-state index in [1.54, 1.807) is 7.11 Å². The molecule has 0 bridgehead atoms. The molecule has 2 unspecified atom stereocenters. The second kappa shape index (κ2) is 6.83. The van der Waals surface area contributed by atoms with Crippen molar-refractivity contribution in [2.24, 2.45) is 11.7 Å². The van der Waals surface area contributed by atoms with Crippen LogP contribution in [0, 0.1) is 19.8 Å². The molecule has 0 heterocycles. The summed E-state index contributed by atoms with van der Waals surface area (Å²) < 4.78 is 5.43. The number of rotatable bonds is 4. The van der Waals surface area contributed by atoms with Crippen LogP contribution >= 0.6 is 0 Å². The topological polar surface area (TPSA) is 35.2 Å². The van der Waals surface area contributed by atoms with Crippen LogP contribution in [0.4, 0.5) is 0 Å². The van der Waals surface area contributed by atoms with Crippen LogP contribution < -0.4 is 10.5 Å². The normalized spacial score (nSPS) is 26.4. The third kappa shape index (κ3) is 3.60. The van der Waals surface area contributed by atoms with Crippen LogP contribution in [0.25, 0.3) is 0 Å². The van der Waals surface area contributed by atoms with Crippen molar-refractivity contribution in [1.82, 2.24) is 0 Å². The minimum atomic E-state index is -0.149. The Balaban J connectivity index is 2.25. The number of ether oxygens (including phenoxy) is 1. The standard InChI is InChI=1S/C19H31NO/c1-5-7-16-8-6-10-19(20,11-9-16)17-12-15(3)18(21-4)13-14(17)2/h12-13,16H,5-11,20H2,1-4H3. The van der Waals surface area contributed by atoms with Crippen LogP contribution in [-0.4, -0.2) is 7.11 Å². The Kier molecular flexibility index (Phi) is 5.32. The van der Waals surface area contributed by atoms with E-state index in [0.29, 0.717) is 0 Å². The minimum Gasteiger partial charge on any atom is -0.496 e. The van der Waals surface area contributed by atoms with Crippen LogP contribution in [0.5, 0.6) is 5.75 Å². The van der Waals surface area contributed by atoms with Crippen molar-refractivity contribution in [2.75, 3.05) is 7.11 Å². The largest absolute Gasteiger partial charge is 0.496 e. The molecule has 1 aliphatic carbocycles. The van der Waals surface area contributed by atoms with Crippen LogP contribution in [-0.2, 0) is 5.54 Å². The lowest BCUT2D eigenvalue weighted by molar-refractivity contribution is 0.364. The fraction of sp³-hybridized carbons (Fsp3) is 0.684. The molecule has 1 fully saturated rings. The molecule has 0 spiro atoms. The molecule has 2 rings (SSSR count). The van der Waals surface area contributed by atoms with Gasteiger partial charge in [0.1, 0.15) is 5.75 Å².